The first-order valence-electron chi connectivity index (χ1n) is 8.51. The molecule has 1 amide bonds. The van der Waals surface area contributed by atoms with Gasteiger partial charge in [-0.15, -0.1) is 0 Å². The molecule has 0 unspecified atom stereocenters. The molecule has 2 N–H and O–H groups in total. The maximum absolute atomic E-state index is 11.7. The van der Waals surface area contributed by atoms with E-state index in [-0.39, 0.29) is 34.2 Å². The van der Waals surface area contributed by atoms with Crippen molar-refractivity contribution in [3.8, 4) is 0 Å². The number of carbonyl (C=O) groups excluding carboxylic acids is 1. The van der Waals surface area contributed by atoms with Crippen molar-refractivity contribution in [3.05, 3.63) is 0 Å². The van der Waals surface area contributed by atoms with Crippen molar-refractivity contribution in [3.63, 3.8) is 0 Å². The van der Waals surface area contributed by atoms with E-state index in [1.807, 2.05) is 0 Å². The average molecular weight is 407 g/mol. The van der Waals surface area contributed by atoms with Crippen molar-refractivity contribution in [1.29, 1.82) is 0 Å². The second-order valence-electron chi connectivity index (χ2n) is 6.21. The van der Waals surface area contributed by atoms with Crippen LogP contribution in [0.2, 0.25) is 0 Å². The molecule has 1 radical (unpaired) electrons. The van der Waals surface area contributed by atoms with Crippen LogP contribution in [0.25, 0.3) is 0 Å². The van der Waals surface area contributed by atoms with Crippen LogP contribution in [0.5, 0.6) is 0 Å². The van der Waals surface area contributed by atoms with Crippen LogP contribution in [0.1, 0.15) is 85.0 Å². The van der Waals surface area contributed by atoms with Gasteiger partial charge >= 0.3 is 5.97 Å². The standard InChI is InChI=1S/C17H33NO3.Ag/c1-4-5-6-7-8-9-10-11-12-13-15(19)18-16(14(2)3)17(20)21;/h14,16H,4-13H2,1-3H3,(H,18,19)(H,20,21);/t16-;/m0./s1. The number of aliphatic carboxylic acids is 1. The van der Waals surface area contributed by atoms with Crippen LogP contribution in [0.15, 0.2) is 0 Å². The summed E-state index contributed by atoms with van der Waals surface area (Å²) >= 11 is 0. The van der Waals surface area contributed by atoms with E-state index in [0.29, 0.717) is 6.42 Å². The van der Waals surface area contributed by atoms with E-state index < -0.39 is 12.0 Å². The second-order valence-corrected chi connectivity index (χ2v) is 6.21. The van der Waals surface area contributed by atoms with Gasteiger partial charge in [0.1, 0.15) is 6.04 Å². The normalized spacial score (nSPS) is 11.8. The summed E-state index contributed by atoms with van der Waals surface area (Å²) < 4.78 is 0. The van der Waals surface area contributed by atoms with Gasteiger partial charge in [0.05, 0.1) is 0 Å². The Hall–Kier alpha value is -0.320. The minimum Gasteiger partial charge on any atom is -0.480 e. The monoisotopic (exact) mass is 406 g/mol. The molecule has 0 fully saturated rings. The minimum atomic E-state index is -0.953. The number of hydrogen-bond acceptors (Lipinski definition) is 2. The van der Waals surface area contributed by atoms with Crippen LogP contribution in [0.4, 0.5) is 0 Å². The SMILES string of the molecule is CCCCCCCCCCCC(=O)N[C@H](C(=O)O)C(C)C.[Ag]. The van der Waals surface area contributed by atoms with Crippen molar-refractivity contribution in [1.82, 2.24) is 5.32 Å². The number of hydrogen-bond donors (Lipinski definition) is 2. The van der Waals surface area contributed by atoms with Crippen molar-refractivity contribution < 1.29 is 37.1 Å². The first kappa shape index (κ1) is 23.9. The van der Waals surface area contributed by atoms with E-state index in [1.165, 1.54) is 44.9 Å². The fourth-order valence-electron chi connectivity index (χ4n) is 2.36. The number of carboxylic acid groups (broad SMARTS) is 1. The van der Waals surface area contributed by atoms with Crippen LogP contribution >= 0.6 is 0 Å². The fraction of sp³-hybridized carbons (Fsp3) is 0.882. The van der Waals surface area contributed by atoms with Gasteiger partial charge in [-0.25, -0.2) is 4.79 Å². The summed E-state index contributed by atoms with van der Waals surface area (Å²) in [6, 6.07) is -0.768. The van der Waals surface area contributed by atoms with Crippen molar-refractivity contribution in [2.24, 2.45) is 5.92 Å². The molecule has 0 rings (SSSR count). The summed E-state index contributed by atoms with van der Waals surface area (Å²) in [5, 5.41) is 11.6. The van der Waals surface area contributed by atoms with E-state index in [2.05, 4.69) is 12.2 Å². The zero-order valence-electron chi connectivity index (χ0n) is 14.3. The molecule has 0 aromatic rings. The Labute approximate surface area is 151 Å². The minimum absolute atomic E-state index is 0. The summed E-state index contributed by atoms with van der Waals surface area (Å²) in [5.41, 5.74) is 0. The van der Waals surface area contributed by atoms with Gasteiger partial charge in [-0.2, -0.15) is 0 Å². The van der Waals surface area contributed by atoms with Crippen LogP contribution in [0.3, 0.4) is 0 Å². The van der Waals surface area contributed by atoms with Crippen LogP contribution < -0.4 is 5.32 Å². The number of carbonyl (C=O) groups is 2. The zero-order chi connectivity index (χ0) is 16.1. The van der Waals surface area contributed by atoms with E-state index in [0.717, 1.165) is 12.8 Å². The molecular weight excluding hydrogens is 374 g/mol. The van der Waals surface area contributed by atoms with Gasteiger partial charge in [0.25, 0.3) is 0 Å². The number of carboxylic acids is 1. The van der Waals surface area contributed by atoms with Gasteiger partial charge in [0.15, 0.2) is 0 Å². The molecule has 0 bridgehead atoms. The first-order valence-corrected chi connectivity index (χ1v) is 8.51. The maximum Gasteiger partial charge on any atom is 0.326 e. The van der Waals surface area contributed by atoms with Crippen molar-refractivity contribution in [2.75, 3.05) is 0 Å². The molecule has 0 saturated heterocycles. The molecule has 0 aliphatic rings. The molecule has 1 atom stereocenters. The first-order chi connectivity index (χ1) is 9.99. The Balaban J connectivity index is 0. The number of amides is 1. The fourth-order valence-corrected chi connectivity index (χ4v) is 2.36. The Kier molecular flexibility index (Phi) is 16.9. The molecule has 22 heavy (non-hydrogen) atoms. The number of nitrogens with one attached hydrogen (secondary N) is 1. The molecule has 5 heteroatoms. The summed E-state index contributed by atoms with van der Waals surface area (Å²) in [6.45, 7) is 5.83. The third-order valence-electron chi connectivity index (χ3n) is 3.76. The van der Waals surface area contributed by atoms with Crippen LogP contribution in [-0.4, -0.2) is 23.0 Å². The molecule has 0 spiro atoms. The van der Waals surface area contributed by atoms with E-state index in [9.17, 15) is 9.59 Å². The molecular formula is C17H33AgNO3. The predicted molar refractivity (Wildman–Crippen MR) is 86.2 cm³/mol. The Bertz CT molecular complexity index is 296. The summed E-state index contributed by atoms with van der Waals surface area (Å²) in [7, 11) is 0. The molecule has 0 heterocycles. The molecule has 0 aliphatic heterocycles. The smallest absolute Gasteiger partial charge is 0.326 e. The average Bonchev–Trinajstić information content (AvgIpc) is 2.42. The van der Waals surface area contributed by atoms with E-state index in [1.54, 1.807) is 13.8 Å². The van der Waals surface area contributed by atoms with Gasteiger partial charge in [-0.05, 0) is 12.3 Å². The molecule has 0 saturated carbocycles. The van der Waals surface area contributed by atoms with Gasteiger partial charge in [-0.1, -0.05) is 72.1 Å². The van der Waals surface area contributed by atoms with Gasteiger partial charge in [0, 0.05) is 28.8 Å². The molecule has 0 aromatic carbocycles. The quantitative estimate of drug-likeness (QED) is 0.356. The topological polar surface area (TPSA) is 66.4 Å². The Morgan fingerprint density at radius 3 is 1.77 bits per heavy atom. The second kappa shape index (κ2) is 15.6. The van der Waals surface area contributed by atoms with Gasteiger partial charge in [-0.3, -0.25) is 4.79 Å². The van der Waals surface area contributed by atoms with E-state index >= 15 is 0 Å². The largest absolute Gasteiger partial charge is 0.480 e. The molecule has 0 aromatic heterocycles. The molecule has 135 valence electrons. The third-order valence-corrected chi connectivity index (χ3v) is 3.76. The number of rotatable bonds is 13. The third kappa shape index (κ3) is 13.4. The van der Waals surface area contributed by atoms with Crippen LogP contribution in [-0.2, 0) is 32.0 Å². The summed E-state index contributed by atoms with van der Waals surface area (Å²) in [5.74, 6) is -1.18. The van der Waals surface area contributed by atoms with E-state index in [4.69, 9.17) is 5.11 Å². The molecule has 0 aliphatic carbocycles. The maximum atomic E-state index is 11.7. The van der Waals surface area contributed by atoms with Crippen LogP contribution in [0, 0.1) is 5.92 Å². The Morgan fingerprint density at radius 2 is 1.36 bits per heavy atom. The zero-order valence-corrected chi connectivity index (χ0v) is 15.8. The number of unbranched alkanes of at least 4 members (excludes halogenated alkanes) is 8. The van der Waals surface area contributed by atoms with Crippen molar-refractivity contribution >= 4 is 11.9 Å². The molecule has 4 nitrogen and oxygen atoms in total. The van der Waals surface area contributed by atoms with Gasteiger partial charge < -0.3 is 10.4 Å². The van der Waals surface area contributed by atoms with Gasteiger partial charge in [0.2, 0.25) is 5.91 Å². The summed E-state index contributed by atoms with van der Waals surface area (Å²) in [4.78, 5) is 22.7. The Morgan fingerprint density at radius 1 is 0.909 bits per heavy atom. The summed E-state index contributed by atoms with van der Waals surface area (Å²) in [6.07, 6.45) is 11.3. The van der Waals surface area contributed by atoms with Crippen molar-refractivity contribution in [2.45, 2.75) is 91.0 Å². The predicted octanol–water partition coefficient (Wildman–Crippen LogP) is 4.13.